The average molecular weight is 208 g/mol. The molecule has 0 fully saturated rings. The summed E-state index contributed by atoms with van der Waals surface area (Å²) in [4.78, 5) is 0. The van der Waals surface area contributed by atoms with Crippen molar-refractivity contribution in [1.82, 2.24) is 0 Å². The molecular formula is C12H20N2O. The van der Waals surface area contributed by atoms with Crippen molar-refractivity contribution >= 4 is 0 Å². The Bertz CT molecular complexity index is 289. The molecule has 0 unspecified atom stereocenters. The van der Waals surface area contributed by atoms with Gasteiger partial charge in [0, 0.05) is 11.6 Å². The normalized spacial score (nSPS) is 12.5. The molecule has 84 valence electrons. The van der Waals surface area contributed by atoms with E-state index in [1.807, 2.05) is 24.3 Å². The number of para-hydroxylation sites is 1. The molecule has 0 saturated heterocycles. The van der Waals surface area contributed by atoms with Crippen molar-refractivity contribution in [2.24, 2.45) is 11.5 Å². The molecule has 0 saturated carbocycles. The Hall–Kier alpha value is -1.06. The Labute approximate surface area is 91.4 Å². The summed E-state index contributed by atoms with van der Waals surface area (Å²) in [6.45, 7) is 0.735. The number of nitrogens with two attached hydrogens (primary N) is 2. The molecule has 3 nitrogen and oxygen atoms in total. The van der Waals surface area contributed by atoms with Crippen molar-refractivity contribution in [3.05, 3.63) is 29.8 Å². The summed E-state index contributed by atoms with van der Waals surface area (Å²) >= 11 is 0. The highest BCUT2D eigenvalue weighted by Gasteiger charge is 2.10. The number of benzene rings is 1. The van der Waals surface area contributed by atoms with Gasteiger partial charge in [-0.05, 0) is 25.5 Å². The van der Waals surface area contributed by atoms with Gasteiger partial charge < -0.3 is 16.2 Å². The van der Waals surface area contributed by atoms with Gasteiger partial charge in [0.15, 0.2) is 0 Å². The van der Waals surface area contributed by atoms with E-state index in [1.165, 1.54) is 0 Å². The van der Waals surface area contributed by atoms with Gasteiger partial charge >= 0.3 is 0 Å². The first-order chi connectivity index (χ1) is 7.29. The molecule has 3 heteroatoms. The van der Waals surface area contributed by atoms with Crippen LogP contribution in [0.15, 0.2) is 24.3 Å². The molecule has 4 N–H and O–H groups in total. The van der Waals surface area contributed by atoms with Crippen molar-refractivity contribution in [3.8, 4) is 5.75 Å². The number of ether oxygens (including phenoxy) is 1. The minimum Gasteiger partial charge on any atom is -0.496 e. The van der Waals surface area contributed by atoms with Crippen LogP contribution in [0.2, 0.25) is 0 Å². The van der Waals surface area contributed by atoms with Gasteiger partial charge in [-0.2, -0.15) is 0 Å². The first-order valence-corrected chi connectivity index (χ1v) is 5.38. The molecule has 15 heavy (non-hydrogen) atoms. The second-order valence-electron chi connectivity index (χ2n) is 3.63. The van der Waals surface area contributed by atoms with Crippen LogP contribution in [0.5, 0.6) is 5.75 Å². The highest BCUT2D eigenvalue weighted by Crippen LogP contribution is 2.26. The minimum atomic E-state index is 0.0488. The smallest absolute Gasteiger partial charge is 0.123 e. The largest absolute Gasteiger partial charge is 0.496 e. The van der Waals surface area contributed by atoms with E-state index >= 15 is 0 Å². The molecule has 0 spiro atoms. The summed E-state index contributed by atoms with van der Waals surface area (Å²) in [6.07, 6.45) is 3.05. The molecule has 0 aromatic heterocycles. The van der Waals surface area contributed by atoms with Crippen molar-refractivity contribution in [2.75, 3.05) is 13.7 Å². The summed E-state index contributed by atoms with van der Waals surface area (Å²) in [6, 6.07) is 7.95. The van der Waals surface area contributed by atoms with E-state index in [0.717, 1.165) is 37.1 Å². The van der Waals surface area contributed by atoms with Gasteiger partial charge in [0.2, 0.25) is 0 Å². The van der Waals surface area contributed by atoms with Gasteiger partial charge in [-0.1, -0.05) is 24.6 Å². The lowest BCUT2D eigenvalue weighted by Crippen LogP contribution is -2.12. The van der Waals surface area contributed by atoms with Crippen molar-refractivity contribution in [3.63, 3.8) is 0 Å². The van der Waals surface area contributed by atoms with E-state index in [9.17, 15) is 0 Å². The van der Waals surface area contributed by atoms with Gasteiger partial charge in [-0.15, -0.1) is 0 Å². The van der Waals surface area contributed by atoms with Crippen LogP contribution in [0, 0.1) is 0 Å². The molecule has 1 rings (SSSR count). The fourth-order valence-corrected chi connectivity index (χ4v) is 1.64. The predicted octanol–water partition coefficient (Wildman–Crippen LogP) is 1.82. The Kier molecular flexibility index (Phi) is 5.15. The van der Waals surface area contributed by atoms with Crippen molar-refractivity contribution in [2.45, 2.75) is 25.3 Å². The SMILES string of the molecule is COc1ccccc1[C@H](N)CCCCN. The van der Waals surface area contributed by atoms with Gasteiger partial charge in [0.25, 0.3) is 0 Å². The van der Waals surface area contributed by atoms with Crippen LogP contribution in [0.3, 0.4) is 0 Å². The highest BCUT2D eigenvalue weighted by atomic mass is 16.5. The molecule has 0 aliphatic heterocycles. The third kappa shape index (κ3) is 3.53. The number of methoxy groups -OCH3 is 1. The molecule has 0 aliphatic carbocycles. The second kappa shape index (κ2) is 6.43. The third-order valence-corrected chi connectivity index (χ3v) is 2.51. The number of unbranched alkanes of at least 4 members (excludes halogenated alkanes) is 1. The molecule has 1 aromatic carbocycles. The van der Waals surface area contributed by atoms with Crippen molar-refractivity contribution in [1.29, 1.82) is 0 Å². The van der Waals surface area contributed by atoms with E-state index in [4.69, 9.17) is 16.2 Å². The van der Waals surface area contributed by atoms with Crippen LogP contribution in [0.1, 0.15) is 30.9 Å². The van der Waals surface area contributed by atoms with Gasteiger partial charge in [0.05, 0.1) is 7.11 Å². The van der Waals surface area contributed by atoms with Crippen LogP contribution >= 0.6 is 0 Å². The van der Waals surface area contributed by atoms with Gasteiger partial charge in [0.1, 0.15) is 5.75 Å². The summed E-state index contributed by atoms with van der Waals surface area (Å²) in [7, 11) is 1.67. The summed E-state index contributed by atoms with van der Waals surface area (Å²) < 4.78 is 5.27. The maximum Gasteiger partial charge on any atom is 0.123 e. The summed E-state index contributed by atoms with van der Waals surface area (Å²) in [5, 5.41) is 0. The molecule has 1 aromatic rings. The fraction of sp³-hybridized carbons (Fsp3) is 0.500. The Morgan fingerprint density at radius 1 is 1.27 bits per heavy atom. The van der Waals surface area contributed by atoms with Gasteiger partial charge in [-0.25, -0.2) is 0 Å². The van der Waals surface area contributed by atoms with E-state index in [-0.39, 0.29) is 6.04 Å². The summed E-state index contributed by atoms with van der Waals surface area (Å²) in [5.41, 5.74) is 12.6. The monoisotopic (exact) mass is 208 g/mol. The van der Waals surface area contributed by atoms with E-state index < -0.39 is 0 Å². The van der Waals surface area contributed by atoms with Crippen molar-refractivity contribution < 1.29 is 4.74 Å². The fourth-order valence-electron chi connectivity index (χ4n) is 1.64. The number of hydrogen-bond acceptors (Lipinski definition) is 3. The Balaban J connectivity index is 2.59. The topological polar surface area (TPSA) is 61.3 Å². The van der Waals surface area contributed by atoms with Crippen LogP contribution in [0.4, 0.5) is 0 Å². The quantitative estimate of drug-likeness (QED) is 0.701. The van der Waals surface area contributed by atoms with E-state index in [1.54, 1.807) is 7.11 Å². The zero-order chi connectivity index (χ0) is 11.1. The molecule has 1 atom stereocenters. The molecule has 0 bridgehead atoms. The van der Waals surface area contributed by atoms with Crippen LogP contribution < -0.4 is 16.2 Å². The first kappa shape index (κ1) is 12.0. The van der Waals surface area contributed by atoms with E-state index in [2.05, 4.69) is 0 Å². The van der Waals surface area contributed by atoms with E-state index in [0.29, 0.717) is 0 Å². The molecule has 0 amide bonds. The Morgan fingerprint density at radius 2 is 2.00 bits per heavy atom. The maximum absolute atomic E-state index is 6.09. The van der Waals surface area contributed by atoms with Crippen LogP contribution in [-0.2, 0) is 0 Å². The maximum atomic E-state index is 6.09. The molecular weight excluding hydrogens is 188 g/mol. The van der Waals surface area contributed by atoms with Gasteiger partial charge in [-0.3, -0.25) is 0 Å². The number of hydrogen-bond donors (Lipinski definition) is 2. The highest BCUT2D eigenvalue weighted by molar-refractivity contribution is 5.35. The van der Waals surface area contributed by atoms with Crippen LogP contribution in [0.25, 0.3) is 0 Å². The summed E-state index contributed by atoms with van der Waals surface area (Å²) in [5.74, 6) is 0.873. The average Bonchev–Trinajstić information content (AvgIpc) is 2.29. The lowest BCUT2D eigenvalue weighted by atomic mass is 10.0. The Morgan fingerprint density at radius 3 is 2.67 bits per heavy atom. The zero-order valence-corrected chi connectivity index (χ0v) is 9.28. The molecule has 0 heterocycles. The molecule has 0 aliphatic rings. The minimum absolute atomic E-state index is 0.0488. The third-order valence-electron chi connectivity index (χ3n) is 2.51. The number of rotatable bonds is 6. The predicted molar refractivity (Wildman–Crippen MR) is 62.8 cm³/mol. The standard InChI is InChI=1S/C12H20N2O/c1-15-12-8-3-2-6-10(12)11(14)7-4-5-9-13/h2-3,6,8,11H,4-5,7,9,13-14H2,1H3/t11-/m1/s1. The lowest BCUT2D eigenvalue weighted by molar-refractivity contribution is 0.403. The second-order valence-corrected chi connectivity index (χ2v) is 3.63. The first-order valence-electron chi connectivity index (χ1n) is 5.38. The zero-order valence-electron chi connectivity index (χ0n) is 9.28. The lowest BCUT2D eigenvalue weighted by Gasteiger charge is -2.15. The molecule has 0 radical (unpaired) electrons. The van der Waals surface area contributed by atoms with Crippen LogP contribution in [-0.4, -0.2) is 13.7 Å².